The van der Waals surface area contributed by atoms with Crippen molar-refractivity contribution in [2.24, 2.45) is 16.0 Å². The number of hydrogen-bond donors (Lipinski definition) is 3. The van der Waals surface area contributed by atoms with Gasteiger partial charge in [0.1, 0.15) is 0 Å². The Morgan fingerprint density at radius 3 is 2.94 bits per heavy atom. The van der Waals surface area contributed by atoms with Gasteiger partial charge < -0.3 is 15.8 Å². The molecule has 2 rings (SSSR count). The average molecular weight is 239 g/mol. The lowest BCUT2D eigenvalue weighted by molar-refractivity contribution is 0.255. The van der Waals surface area contributed by atoms with Crippen molar-refractivity contribution in [2.75, 3.05) is 0 Å². The first-order chi connectivity index (χ1) is 7.59. The molecular weight excluding hydrogens is 232 g/mol. The zero-order valence-corrected chi connectivity index (χ0v) is 8.69. The fraction of sp³-hybridized carbons (Fsp3) is 0. The Labute approximate surface area is 94.7 Å². The van der Waals surface area contributed by atoms with Crippen molar-refractivity contribution in [3.05, 3.63) is 23.2 Å². The van der Waals surface area contributed by atoms with Crippen LogP contribution in [0.4, 0.5) is 10.5 Å². The van der Waals surface area contributed by atoms with E-state index < -0.39 is 6.03 Å². The van der Waals surface area contributed by atoms with Gasteiger partial charge in [-0.15, -0.1) is 5.11 Å². The van der Waals surface area contributed by atoms with Gasteiger partial charge in [-0.1, -0.05) is 22.8 Å². The molecule has 6 nitrogen and oxygen atoms in total. The third kappa shape index (κ3) is 1.70. The molecule has 0 radical (unpaired) electrons. The summed E-state index contributed by atoms with van der Waals surface area (Å²) >= 11 is 5.94. The van der Waals surface area contributed by atoms with Gasteiger partial charge in [0.15, 0.2) is 5.69 Å². The predicted octanol–water partition coefficient (Wildman–Crippen LogP) is 2.69. The number of halogens is 1. The van der Waals surface area contributed by atoms with Gasteiger partial charge in [-0.25, -0.2) is 4.79 Å². The summed E-state index contributed by atoms with van der Waals surface area (Å²) in [5.74, 6) is -0.215. The van der Waals surface area contributed by atoms with E-state index in [1.54, 1.807) is 18.2 Å². The van der Waals surface area contributed by atoms with E-state index in [1.165, 1.54) is 0 Å². The number of nitrogens with two attached hydrogens (primary N) is 1. The van der Waals surface area contributed by atoms with E-state index >= 15 is 0 Å². The number of rotatable bonds is 1. The quantitative estimate of drug-likeness (QED) is 0.665. The average Bonchev–Trinajstić information content (AvgIpc) is 2.52. The van der Waals surface area contributed by atoms with Crippen LogP contribution in [0.2, 0.25) is 5.02 Å². The van der Waals surface area contributed by atoms with Crippen molar-refractivity contribution in [1.82, 2.24) is 4.98 Å². The van der Waals surface area contributed by atoms with Gasteiger partial charge in [-0.2, -0.15) is 0 Å². The van der Waals surface area contributed by atoms with Crippen LogP contribution in [0.25, 0.3) is 10.9 Å². The van der Waals surface area contributed by atoms with Crippen LogP contribution >= 0.6 is 11.6 Å². The van der Waals surface area contributed by atoms with Crippen molar-refractivity contribution in [3.8, 4) is 5.88 Å². The number of benzene rings is 1. The highest BCUT2D eigenvalue weighted by molar-refractivity contribution is 6.36. The number of aromatic nitrogens is 1. The second kappa shape index (κ2) is 3.82. The Bertz CT molecular complexity index is 590. The normalized spacial score (nSPS) is 11.3. The number of fused-ring (bicyclic) bond motifs is 1. The number of primary amides is 1. The van der Waals surface area contributed by atoms with Crippen LogP contribution in [0.1, 0.15) is 0 Å². The van der Waals surface area contributed by atoms with Gasteiger partial charge in [0.05, 0.1) is 10.5 Å². The minimum atomic E-state index is -0.944. The molecule has 0 spiro atoms. The molecule has 1 aromatic carbocycles. The van der Waals surface area contributed by atoms with Gasteiger partial charge in [0.2, 0.25) is 5.88 Å². The zero-order chi connectivity index (χ0) is 11.7. The number of hydrogen-bond acceptors (Lipinski definition) is 3. The Balaban J connectivity index is 2.68. The second-order valence-electron chi connectivity index (χ2n) is 3.02. The summed E-state index contributed by atoms with van der Waals surface area (Å²) in [6.45, 7) is 0. The lowest BCUT2D eigenvalue weighted by atomic mass is 10.2. The topological polar surface area (TPSA) is 104 Å². The maximum Gasteiger partial charge on any atom is 0.356 e. The maximum absolute atomic E-state index is 10.5. The third-order valence-electron chi connectivity index (χ3n) is 1.98. The van der Waals surface area contributed by atoms with Gasteiger partial charge in [0, 0.05) is 5.39 Å². The van der Waals surface area contributed by atoms with Crippen molar-refractivity contribution >= 4 is 34.2 Å². The van der Waals surface area contributed by atoms with Gasteiger partial charge in [0.25, 0.3) is 0 Å². The number of urea groups is 1. The number of nitrogens with zero attached hydrogens (tertiary/aromatic N) is 2. The molecule has 0 fully saturated rings. The van der Waals surface area contributed by atoms with E-state index in [0.29, 0.717) is 15.9 Å². The van der Waals surface area contributed by atoms with Crippen LogP contribution in [0.15, 0.2) is 28.4 Å². The van der Waals surface area contributed by atoms with Crippen molar-refractivity contribution in [1.29, 1.82) is 0 Å². The monoisotopic (exact) mass is 238 g/mol. The molecule has 2 amide bonds. The van der Waals surface area contributed by atoms with E-state index in [1.807, 2.05) is 0 Å². The Morgan fingerprint density at radius 2 is 2.25 bits per heavy atom. The molecule has 1 aromatic heterocycles. The third-order valence-corrected chi connectivity index (χ3v) is 2.29. The van der Waals surface area contributed by atoms with Crippen molar-refractivity contribution in [3.63, 3.8) is 0 Å². The first kappa shape index (κ1) is 10.4. The highest BCUT2D eigenvalue weighted by Crippen LogP contribution is 2.39. The maximum atomic E-state index is 10.5. The molecule has 0 saturated heterocycles. The fourth-order valence-corrected chi connectivity index (χ4v) is 1.63. The summed E-state index contributed by atoms with van der Waals surface area (Å²) in [5, 5.41) is 17.1. The molecule has 1 heterocycles. The summed E-state index contributed by atoms with van der Waals surface area (Å²) in [6, 6.07) is 4.13. The minimum absolute atomic E-state index is 0.0967. The number of carbonyl (C=O) groups is 1. The summed E-state index contributed by atoms with van der Waals surface area (Å²) in [4.78, 5) is 13.1. The lowest BCUT2D eigenvalue weighted by Gasteiger charge is -1.93. The van der Waals surface area contributed by atoms with E-state index in [-0.39, 0.29) is 11.6 Å². The molecule has 82 valence electrons. The van der Waals surface area contributed by atoms with Gasteiger partial charge >= 0.3 is 6.03 Å². The van der Waals surface area contributed by atoms with E-state index in [4.69, 9.17) is 17.3 Å². The molecule has 16 heavy (non-hydrogen) atoms. The van der Waals surface area contributed by atoms with Gasteiger partial charge in [-0.05, 0) is 12.1 Å². The zero-order valence-electron chi connectivity index (χ0n) is 7.94. The number of azo groups is 1. The first-order valence-electron chi connectivity index (χ1n) is 4.30. The lowest BCUT2D eigenvalue weighted by Crippen LogP contribution is -2.01. The molecule has 0 aliphatic rings. The number of amides is 2. The number of H-pyrrole nitrogens is 1. The van der Waals surface area contributed by atoms with Crippen LogP contribution in [0.5, 0.6) is 5.88 Å². The summed E-state index contributed by atoms with van der Waals surface area (Å²) < 4.78 is 0. The summed E-state index contributed by atoms with van der Waals surface area (Å²) in [6.07, 6.45) is 0. The molecule has 0 aliphatic carbocycles. The molecule has 0 atom stereocenters. The van der Waals surface area contributed by atoms with Crippen LogP contribution in [-0.2, 0) is 0 Å². The standard InChI is InChI=1S/C9H7ClN4O2/c10-4-2-1-3-5-6(4)7(8(15)12-5)13-14-9(11)16/h1-3,12,15H,(H2,11,16). The Hall–Kier alpha value is -2.08. The molecule has 0 aliphatic heterocycles. The van der Waals surface area contributed by atoms with E-state index in [9.17, 15) is 9.90 Å². The first-order valence-corrected chi connectivity index (χ1v) is 4.67. The van der Waals surface area contributed by atoms with Crippen molar-refractivity contribution in [2.45, 2.75) is 0 Å². The second-order valence-corrected chi connectivity index (χ2v) is 3.43. The Kier molecular flexibility index (Phi) is 2.49. The molecule has 4 N–H and O–H groups in total. The molecule has 0 unspecified atom stereocenters. The predicted molar refractivity (Wildman–Crippen MR) is 59.1 cm³/mol. The van der Waals surface area contributed by atoms with Gasteiger partial charge in [-0.3, -0.25) is 0 Å². The highest BCUT2D eigenvalue weighted by Gasteiger charge is 2.13. The number of aromatic hydroxyl groups is 1. The SMILES string of the molecule is NC(=O)N=Nc1c(O)[nH]c2cccc(Cl)c12. The molecule has 0 saturated carbocycles. The largest absolute Gasteiger partial charge is 0.493 e. The van der Waals surface area contributed by atoms with E-state index in [0.717, 1.165) is 0 Å². The van der Waals surface area contributed by atoms with Crippen LogP contribution in [-0.4, -0.2) is 16.1 Å². The number of carbonyl (C=O) groups excluding carboxylic acids is 1. The molecule has 2 aromatic rings. The molecule has 0 bridgehead atoms. The summed E-state index contributed by atoms with van der Waals surface area (Å²) in [5.41, 5.74) is 5.51. The molecular formula is C9H7ClN4O2. The van der Waals surface area contributed by atoms with E-state index in [2.05, 4.69) is 15.2 Å². The number of aromatic amines is 1. The minimum Gasteiger partial charge on any atom is -0.493 e. The smallest absolute Gasteiger partial charge is 0.356 e. The highest BCUT2D eigenvalue weighted by atomic mass is 35.5. The molecule has 7 heteroatoms. The van der Waals surface area contributed by atoms with Crippen LogP contribution in [0, 0.1) is 0 Å². The van der Waals surface area contributed by atoms with Crippen LogP contribution < -0.4 is 5.73 Å². The number of nitrogens with one attached hydrogen (secondary N) is 1. The fourth-order valence-electron chi connectivity index (χ4n) is 1.37. The van der Waals surface area contributed by atoms with Crippen molar-refractivity contribution < 1.29 is 9.90 Å². The summed E-state index contributed by atoms with van der Waals surface area (Å²) in [7, 11) is 0. The van der Waals surface area contributed by atoms with Crippen LogP contribution in [0.3, 0.4) is 0 Å². The Morgan fingerprint density at radius 1 is 1.50 bits per heavy atom.